The molecular weight excluding hydrogens is 258 g/mol. The molecule has 0 bridgehead atoms. The second-order valence-electron chi connectivity index (χ2n) is 4.34. The Hall–Kier alpha value is -2.76. The summed E-state index contributed by atoms with van der Waals surface area (Å²) in [4.78, 5) is 10.5. The highest BCUT2D eigenvalue weighted by molar-refractivity contribution is 5.74. The van der Waals surface area contributed by atoms with Gasteiger partial charge in [-0.25, -0.2) is 0 Å². The summed E-state index contributed by atoms with van der Waals surface area (Å²) in [6.07, 6.45) is 0.687. The highest BCUT2D eigenvalue weighted by Crippen LogP contribution is 2.30. The van der Waals surface area contributed by atoms with Gasteiger partial charge in [0.2, 0.25) is 0 Å². The Labute approximate surface area is 116 Å². The summed E-state index contributed by atoms with van der Waals surface area (Å²) in [5.41, 5.74) is 7.10. The largest absolute Gasteiger partial charge is 0.508 e. The van der Waals surface area contributed by atoms with E-state index in [9.17, 15) is 15.2 Å². The van der Waals surface area contributed by atoms with Crippen molar-refractivity contribution < 1.29 is 10.0 Å². The quantitative estimate of drug-likeness (QED) is 0.441. The third kappa shape index (κ3) is 3.17. The number of aromatic hydroxyl groups is 1. The van der Waals surface area contributed by atoms with Crippen LogP contribution < -0.4 is 11.1 Å². The highest BCUT2D eigenvalue weighted by Gasteiger charge is 2.16. The molecule has 0 atom stereocenters. The van der Waals surface area contributed by atoms with Gasteiger partial charge >= 0.3 is 5.69 Å². The summed E-state index contributed by atoms with van der Waals surface area (Å²) in [6.45, 7) is 0.537. The van der Waals surface area contributed by atoms with Gasteiger partial charge in [0.05, 0.1) is 4.92 Å². The Kier molecular flexibility index (Phi) is 4.05. The van der Waals surface area contributed by atoms with E-state index in [1.165, 1.54) is 6.07 Å². The number of nitro groups is 1. The second kappa shape index (κ2) is 5.92. The van der Waals surface area contributed by atoms with Crippen molar-refractivity contribution >= 4 is 17.1 Å². The molecular formula is C14H15N3O3. The van der Waals surface area contributed by atoms with Gasteiger partial charge in [-0.05, 0) is 36.2 Å². The molecule has 104 valence electrons. The molecule has 0 heterocycles. The fourth-order valence-electron chi connectivity index (χ4n) is 1.91. The molecule has 0 aliphatic rings. The molecule has 0 saturated carbocycles. The number of phenolic OH excluding ortho intramolecular Hbond substituents is 1. The topological polar surface area (TPSA) is 101 Å². The van der Waals surface area contributed by atoms with Crippen LogP contribution in [0.15, 0.2) is 42.5 Å². The zero-order valence-electron chi connectivity index (χ0n) is 10.7. The van der Waals surface area contributed by atoms with Crippen LogP contribution in [0.1, 0.15) is 5.56 Å². The van der Waals surface area contributed by atoms with E-state index in [-0.39, 0.29) is 17.1 Å². The average Bonchev–Trinajstić information content (AvgIpc) is 2.40. The number of nitrogens with two attached hydrogens (primary N) is 1. The molecule has 0 amide bonds. The van der Waals surface area contributed by atoms with E-state index in [1.807, 2.05) is 12.1 Å². The third-order valence-electron chi connectivity index (χ3n) is 2.92. The Morgan fingerprint density at radius 3 is 2.55 bits per heavy atom. The standard InChI is InChI=1S/C14H15N3O3/c15-12-2-1-3-13(14(12)17(19)20)16-9-8-10-4-6-11(18)7-5-10/h1-7,16,18H,8-9,15H2. The second-order valence-corrected chi connectivity index (χ2v) is 4.34. The lowest BCUT2D eigenvalue weighted by molar-refractivity contribution is -0.383. The van der Waals surface area contributed by atoms with Crippen molar-refractivity contribution in [3.05, 3.63) is 58.1 Å². The number of hydrogen-bond acceptors (Lipinski definition) is 5. The number of benzene rings is 2. The Morgan fingerprint density at radius 1 is 1.20 bits per heavy atom. The molecule has 0 saturated heterocycles. The SMILES string of the molecule is Nc1cccc(NCCc2ccc(O)cc2)c1[N+](=O)[O-]. The molecule has 0 radical (unpaired) electrons. The van der Waals surface area contributed by atoms with Crippen LogP contribution in [0.25, 0.3) is 0 Å². The van der Waals surface area contributed by atoms with Crippen molar-refractivity contribution in [1.82, 2.24) is 0 Å². The van der Waals surface area contributed by atoms with Crippen molar-refractivity contribution in [3.63, 3.8) is 0 Å². The maximum absolute atomic E-state index is 11.0. The predicted molar refractivity (Wildman–Crippen MR) is 77.8 cm³/mol. The van der Waals surface area contributed by atoms with Crippen LogP contribution in [0.2, 0.25) is 0 Å². The minimum Gasteiger partial charge on any atom is -0.508 e. The number of anilines is 2. The molecule has 0 fully saturated rings. The number of hydrogen-bond donors (Lipinski definition) is 3. The minimum atomic E-state index is -0.488. The normalized spacial score (nSPS) is 10.2. The molecule has 2 rings (SSSR count). The van der Waals surface area contributed by atoms with Crippen molar-refractivity contribution in [2.45, 2.75) is 6.42 Å². The monoisotopic (exact) mass is 273 g/mol. The van der Waals surface area contributed by atoms with Crippen LogP contribution in [0.5, 0.6) is 5.75 Å². The summed E-state index contributed by atoms with van der Waals surface area (Å²) < 4.78 is 0. The summed E-state index contributed by atoms with van der Waals surface area (Å²) >= 11 is 0. The van der Waals surface area contributed by atoms with Gasteiger partial charge < -0.3 is 16.2 Å². The molecule has 4 N–H and O–H groups in total. The maximum Gasteiger partial charge on any atom is 0.314 e. The fourth-order valence-corrected chi connectivity index (χ4v) is 1.91. The van der Waals surface area contributed by atoms with Gasteiger partial charge in [-0.15, -0.1) is 0 Å². The van der Waals surface area contributed by atoms with Gasteiger partial charge in [-0.1, -0.05) is 18.2 Å². The first kappa shape index (κ1) is 13.7. The number of nitrogens with zero attached hydrogens (tertiary/aromatic N) is 1. The van der Waals surface area contributed by atoms with Gasteiger partial charge in [0.25, 0.3) is 0 Å². The number of phenols is 1. The summed E-state index contributed by atoms with van der Waals surface area (Å²) in [5, 5.41) is 23.2. The van der Waals surface area contributed by atoms with Crippen LogP contribution in [0, 0.1) is 10.1 Å². The van der Waals surface area contributed by atoms with Crippen LogP contribution >= 0.6 is 0 Å². The smallest absolute Gasteiger partial charge is 0.314 e. The molecule has 0 spiro atoms. The van der Waals surface area contributed by atoms with E-state index in [0.29, 0.717) is 18.7 Å². The van der Waals surface area contributed by atoms with Gasteiger partial charge in [0, 0.05) is 6.54 Å². The van der Waals surface area contributed by atoms with E-state index in [4.69, 9.17) is 5.73 Å². The number of rotatable bonds is 5. The first-order valence-electron chi connectivity index (χ1n) is 6.12. The summed E-state index contributed by atoms with van der Waals surface area (Å²) in [5.74, 6) is 0.216. The first-order valence-corrected chi connectivity index (χ1v) is 6.12. The summed E-state index contributed by atoms with van der Waals surface area (Å²) in [6, 6.07) is 11.6. The molecule has 0 aliphatic carbocycles. The number of nitrogens with one attached hydrogen (secondary N) is 1. The van der Waals surface area contributed by atoms with E-state index < -0.39 is 4.92 Å². The van der Waals surface area contributed by atoms with E-state index >= 15 is 0 Å². The summed E-state index contributed by atoms with van der Waals surface area (Å²) in [7, 11) is 0. The Balaban J connectivity index is 2.02. The number of para-hydroxylation sites is 1. The Morgan fingerprint density at radius 2 is 1.90 bits per heavy atom. The van der Waals surface area contributed by atoms with Gasteiger partial charge in [-0.2, -0.15) is 0 Å². The van der Waals surface area contributed by atoms with E-state index in [0.717, 1.165) is 5.56 Å². The molecule has 6 heteroatoms. The molecule has 2 aromatic rings. The van der Waals surface area contributed by atoms with Crippen LogP contribution in [0.4, 0.5) is 17.1 Å². The molecule has 0 unspecified atom stereocenters. The Bertz CT molecular complexity index is 612. The van der Waals surface area contributed by atoms with Crippen LogP contribution in [-0.4, -0.2) is 16.6 Å². The highest BCUT2D eigenvalue weighted by atomic mass is 16.6. The van der Waals surface area contributed by atoms with Gasteiger partial charge in [-0.3, -0.25) is 10.1 Å². The zero-order valence-corrected chi connectivity index (χ0v) is 10.7. The first-order chi connectivity index (χ1) is 9.58. The van der Waals surface area contributed by atoms with Crippen molar-refractivity contribution in [2.24, 2.45) is 0 Å². The lowest BCUT2D eigenvalue weighted by atomic mass is 10.1. The zero-order chi connectivity index (χ0) is 14.5. The maximum atomic E-state index is 11.0. The van der Waals surface area contributed by atoms with Gasteiger partial charge in [0.15, 0.2) is 0 Å². The number of nitrogen functional groups attached to an aromatic ring is 1. The average molecular weight is 273 g/mol. The van der Waals surface area contributed by atoms with E-state index in [2.05, 4.69) is 5.32 Å². The minimum absolute atomic E-state index is 0.0989. The van der Waals surface area contributed by atoms with Crippen molar-refractivity contribution in [1.29, 1.82) is 0 Å². The van der Waals surface area contributed by atoms with Crippen molar-refractivity contribution in [3.8, 4) is 5.75 Å². The molecule has 6 nitrogen and oxygen atoms in total. The lowest BCUT2D eigenvalue weighted by Gasteiger charge is -2.08. The van der Waals surface area contributed by atoms with Crippen molar-refractivity contribution in [2.75, 3.05) is 17.6 Å². The fraction of sp³-hybridized carbons (Fsp3) is 0.143. The van der Waals surface area contributed by atoms with Gasteiger partial charge in [0.1, 0.15) is 17.1 Å². The lowest BCUT2D eigenvalue weighted by Crippen LogP contribution is -2.08. The molecule has 2 aromatic carbocycles. The predicted octanol–water partition coefficient (Wildman–Crippen LogP) is 2.54. The number of nitro benzene ring substituents is 1. The van der Waals surface area contributed by atoms with Crippen LogP contribution in [0.3, 0.4) is 0 Å². The molecule has 20 heavy (non-hydrogen) atoms. The van der Waals surface area contributed by atoms with Crippen LogP contribution in [-0.2, 0) is 6.42 Å². The molecule has 0 aromatic heterocycles. The third-order valence-corrected chi connectivity index (χ3v) is 2.92. The van der Waals surface area contributed by atoms with E-state index in [1.54, 1.807) is 24.3 Å². The molecule has 0 aliphatic heterocycles.